The molecule has 0 spiro atoms. The van der Waals surface area contributed by atoms with Crippen molar-refractivity contribution < 1.29 is 9.47 Å². The molecular weight excluding hydrogens is 549 g/mol. The van der Waals surface area contributed by atoms with Crippen molar-refractivity contribution in [1.29, 1.82) is 0 Å². The van der Waals surface area contributed by atoms with Crippen molar-refractivity contribution in [3.8, 4) is 0 Å². The van der Waals surface area contributed by atoms with Crippen LogP contribution in [0.25, 0.3) is 21.9 Å². The van der Waals surface area contributed by atoms with Crippen LogP contribution in [0.4, 0.5) is 5.82 Å². The van der Waals surface area contributed by atoms with Gasteiger partial charge in [-0.25, -0.2) is 9.97 Å². The summed E-state index contributed by atoms with van der Waals surface area (Å²) in [5.74, 6) is 1.22. The molecule has 0 amide bonds. The molecule has 0 aliphatic heterocycles. The van der Waals surface area contributed by atoms with Crippen LogP contribution in [0.5, 0.6) is 0 Å². The van der Waals surface area contributed by atoms with Crippen LogP contribution in [0, 0.1) is 0 Å². The first-order valence-corrected chi connectivity index (χ1v) is 12.3. The fourth-order valence-corrected chi connectivity index (χ4v) is 3.52. The van der Waals surface area contributed by atoms with Crippen molar-refractivity contribution in [1.82, 2.24) is 14.5 Å². The van der Waals surface area contributed by atoms with E-state index in [2.05, 4.69) is 48.1 Å². The van der Waals surface area contributed by atoms with E-state index in [0.29, 0.717) is 44.2 Å². The number of pyridine rings is 1. The summed E-state index contributed by atoms with van der Waals surface area (Å²) in [6.45, 7) is 8.63. The van der Waals surface area contributed by atoms with Gasteiger partial charge in [0.1, 0.15) is 17.9 Å². The highest BCUT2D eigenvalue weighted by molar-refractivity contribution is 14.1. The second-order valence-electron chi connectivity index (χ2n) is 7.00. The first-order valence-electron chi connectivity index (χ1n) is 9.39. The number of halogens is 2. The Hall–Kier alpha value is -1.01. The minimum atomic E-state index is -0.423. The van der Waals surface area contributed by atoms with Crippen molar-refractivity contribution in [3.05, 3.63) is 28.5 Å². The predicted molar refractivity (Wildman–Crippen MR) is 132 cm³/mol. The molecule has 0 saturated carbocycles. The molecule has 0 bridgehead atoms. The number of alkyl halides is 1. The van der Waals surface area contributed by atoms with Gasteiger partial charge in [-0.1, -0.05) is 38.5 Å². The summed E-state index contributed by atoms with van der Waals surface area (Å²) in [7, 11) is 0. The molecule has 0 saturated heterocycles. The summed E-state index contributed by atoms with van der Waals surface area (Å²) in [6, 6.07) is 5.99. The van der Waals surface area contributed by atoms with E-state index in [0.717, 1.165) is 26.7 Å². The molecule has 4 N–H and O–H groups in total. The Labute approximate surface area is 193 Å². The lowest BCUT2D eigenvalue weighted by Gasteiger charge is -2.27. The molecule has 2 heterocycles. The highest BCUT2D eigenvalue weighted by Crippen LogP contribution is 2.32. The van der Waals surface area contributed by atoms with E-state index in [1.54, 1.807) is 0 Å². The Morgan fingerprint density at radius 2 is 1.97 bits per heavy atom. The second kappa shape index (κ2) is 10.9. The molecule has 0 atom stereocenters. The van der Waals surface area contributed by atoms with Gasteiger partial charge in [0.15, 0.2) is 5.82 Å². The minimum Gasteiger partial charge on any atom is -0.382 e. The topological polar surface area (TPSA) is 101 Å². The summed E-state index contributed by atoms with van der Waals surface area (Å²) in [5, 5.41) is 0.993. The van der Waals surface area contributed by atoms with Crippen molar-refractivity contribution in [2.75, 3.05) is 30.4 Å². The zero-order chi connectivity index (χ0) is 21.6. The molecule has 1 aromatic carbocycles. The van der Waals surface area contributed by atoms with E-state index in [1.165, 1.54) is 0 Å². The number of nitrogen functional groups attached to an aromatic ring is 1. The van der Waals surface area contributed by atoms with Gasteiger partial charge in [0, 0.05) is 23.0 Å². The molecule has 29 heavy (non-hydrogen) atoms. The summed E-state index contributed by atoms with van der Waals surface area (Å²) >= 11 is 5.65. The monoisotopic (exact) mass is 577 g/mol. The maximum Gasteiger partial charge on any atom is 0.152 e. The van der Waals surface area contributed by atoms with Crippen LogP contribution in [0.1, 0.15) is 26.6 Å². The van der Waals surface area contributed by atoms with Crippen LogP contribution in [-0.2, 0) is 22.6 Å². The van der Waals surface area contributed by atoms with Crippen molar-refractivity contribution in [2.24, 2.45) is 5.73 Å². The molecule has 0 unspecified atom stereocenters. The Balaban J connectivity index is 0.00000145. The fourth-order valence-electron chi connectivity index (χ4n) is 3.17. The maximum absolute atomic E-state index is 6.24. The first-order chi connectivity index (χ1) is 13.9. The molecule has 0 fully saturated rings. The van der Waals surface area contributed by atoms with Gasteiger partial charge in [0.05, 0.1) is 29.8 Å². The zero-order valence-corrected chi connectivity index (χ0v) is 21.1. The number of aromatic nitrogens is 3. The van der Waals surface area contributed by atoms with Crippen molar-refractivity contribution >= 4 is 66.3 Å². The number of fused-ring (bicyclic) bond motifs is 3. The van der Waals surface area contributed by atoms with E-state index in [1.807, 2.05) is 43.9 Å². The smallest absolute Gasteiger partial charge is 0.152 e. The first kappa shape index (κ1) is 24.3. The van der Waals surface area contributed by atoms with Crippen LogP contribution in [0.2, 0.25) is 0 Å². The van der Waals surface area contributed by atoms with Crippen molar-refractivity contribution in [2.45, 2.75) is 39.5 Å². The third kappa shape index (κ3) is 5.78. The standard InChI is InChI=1S/C19H26BrN5O2.CH3I/c1-4-26-10-15-24-16-17(25(15)11-19(2,3)27-8-7-21)13-6-5-12(20)9-14(13)23-18(16)22;1-2/h5-6,9H,4,7-8,10-11,21H2,1-3H3,(H2,22,23);1H3. The summed E-state index contributed by atoms with van der Waals surface area (Å²) in [6.07, 6.45) is 0. The molecule has 3 rings (SSSR count). The Kier molecular flexibility index (Phi) is 9.08. The zero-order valence-electron chi connectivity index (χ0n) is 17.3. The quantitative estimate of drug-likeness (QED) is 0.306. The molecule has 0 radical (unpaired) electrons. The third-order valence-corrected chi connectivity index (χ3v) is 4.82. The van der Waals surface area contributed by atoms with Gasteiger partial charge in [-0.15, -0.1) is 0 Å². The third-order valence-electron chi connectivity index (χ3n) is 4.33. The van der Waals surface area contributed by atoms with Gasteiger partial charge in [-0.05, 0) is 43.9 Å². The summed E-state index contributed by atoms with van der Waals surface area (Å²) in [5.41, 5.74) is 13.9. The van der Waals surface area contributed by atoms with E-state index >= 15 is 0 Å². The average Bonchev–Trinajstić information content (AvgIpc) is 3.04. The lowest BCUT2D eigenvalue weighted by atomic mass is 10.1. The highest BCUT2D eigenvalue weighted by Gasteiger charge is 2.25. The Morgan fingerprint density at radius 1 is 1.24 bits per heavy atom. The number of ether oxygens (including phenoxy) is 2. The van der Waals surface area contributed by atoms with Gasteiger partial charge >= 0.3 is 0 Å². The lowest BCUT2D eigenvalue weighted by molar-refractivity contribution is -0.0258. The Morgan fingerprint density at radius 3 is 2.62 bits per heavy atom. The van der Waals surface area contributed by atoms with E-state index < -0.39 is 5.60 Å². The largest absolute Gasteiger partial charge is 0.382 e. The maximum atomic E-state index is 6.24. The number of anilines is 1. The SMILES string of the molecule is CCOCc1nc2c(N)nc3cc(Br)ccc3c2n1CC(C)(C)OCCN.CI. The molecule has 9 heteroatoms. The normalized spacial score (nSPS) is 11.7. The molecule has 0 aliphatic carbocycles. The van der Waals surface area contributed by atoms with E-state index in [4.69, 9.17) is 25.9 Å². The van der Waals surface area contributed by atoms with Crippen LogP contribution in [-0.4, -0.2) is 44.8 Å². The molecule has 160 valence electrons. The van der Waals surface area contributed by atoms with Crippen LogP contribution in [0.15, 0.2) is 22.7 Å². The number of nitrogens with zero attached hydrogens (tertiary/aromatic N) is 3. The molecule has 3 aromatic rings. The Bertz CT molecular complexity index is 961. The van der Waals surface area contributed by atoms with Gasteiger partial charge in [-0.3, -0.25) is 0 Å². The van der Waals surface area contributed by atoms with Gasteiger partial charge in [-0.2, -0.15) is 0 Å². The molecular formula is C20H29BrIN5O2. The van der Waals surface area contributed by atoms with E-state index in [9.17, 15) is 0 Å². The molecule has 0 aliphatic rings. The van der Waals surface area contributed by atoms with Gasteiger partial charge < -0.3 is 25.5 Å². The van der Waals surface area contributed by atoms with Gasteiger partial charge in [0.2, 0.25) is 0 Å². The molecule has 2 aromatic heterocycles. The molecule has 7 nitrogen and oxygen atoms in total. The number of rotatable bonds is 8. The van der Waals surface area contributed by atoms with E-state index in [-0.39, 0.29) is 0 Å². The fraction of sp³-hybridized carbons (Fsp3) is 0.500. The number of benzene rings is 1. The highest BCUT2D eigenvalue weighted by atomic mass is 127. The predicted octanol–water partition coefficient (Wildman–Crippen LogP) is 4.27. The lowest BCUT2D eigenvalue weighted by Crippen LogP contribution is -2.33. The number of hydrogen-bond acceptors (Lipinski definition) is 6. The minimum absolute atomic E-state index is 0.398. The van der Waals surface area contributed by atoms with Crippen LogP contribution < -0.4 is 11.5 Å². The average molecular weight is 578 g/mol. The summed E-state index contributed by atoms with van der Waals surface area (Å²) < 4.78 is 14.7. The number of imidazole rings is 1. The summed E-state index contributed by atoms with van der Waals surface area (Å²) in [4.78, 5) is 11.2. The van der Waals surface area contributed by atoms with Crippen molar-refractivity contribution in [3.63, 3.8) is 0 Å². The second-order valence-corrected chi connectivity index (χ2v) is 7.92. The number of nitrogens with two attached hydrogens (primary N) is 2. The van der Waals surface area contributed by atoms with Gasteiger partial charge in [0.25, 0.3) is 0 Å². The van der Waals surface area contributed by atoms with Crippen LogP contribution >= 0.6 is 38.5 Å². The number of hydrogen-bond donors (Lipinski definition) is 2. The van der Waals surface area contributed by atoms with Crippen LogP contribution in [0.3, 0.4) is 0 Å².